The highest BCUT2D eigenvalue weighted by Crippen LogP contribution is 1.93. The lowest BCUT2D eigenvalue weighted by molar-refractivity contribution is 0.534. The van der Waals surface area contributed by atoms with Crippen LogP contribution in [0.15, 0.2) is 45.8 Å². The van der Waals surface area contributed by atoms with Crippen molar-refractivity contribution in [3.63, 3.8) is 0 Å². The molecule has 0 radical (unpaired) electrons. The summed E-state index contributed by atoms with van der Waals surface area (Å²) in [5.74, 6) is 0.968. The van der Waals surface area contributed by atoms with Crippen molar-refractivity contribution < 1.29 is 8.83 Å². The molecule has 0 aliphatic carbocycles. The fourth-order valence-electron chi connectivity index (χ4n) is 0.693. The Morgan fingerprint density at radius 2 is 1.92 bits per heavy atom. The van der Waals surface area contributed by atoms with Gasteiger partial charge in [-0.1, -0.05) is 0 Å². The first-order valence-electron chi connectivity index (χ1n) is 3.78. The average Bonchev–Trinajstić information content (AvgIpc) is 2.63. The number of rotatable bonds is 0. The average molecular weight is 164 g/mol. The van der Waals surface area contributed by atoms with E-state index in [0.29, 0.717) is 0 Å². The Balaban J connectivity index is 0.000000120. The molecule has 0 unspecified atom stereocenters. The molecular formula is C10H12O2. The molecule has 0 atom stereocenters. The molecule has 2 heteroatoms. The van der Waals surface area contributed by atoms with Gasteiger partial charge >= 0.3 is 0 Å². The second kappa shape index (κ2) is 4.44. The zero-order chi connectivity index (χ0) is 8.81. The summed E-state index contributed by atoms with van der Waals surface area (Å²) >= 11 is 0. The molecule has 0 N–H and O–H groups in total. The number of hydrogen-bond acceptors (Lipinski definition) is 2. The topological polar surface area (TPSA) is 26.3 Å². The summed E-state index contributed by atoms with van der Waals surface area (Å²) in [5.41, 5.74) is 1.18. The third kappa shape index (κ3) is 3.10. The van der Waals surface area contributed by atoms with Gasteiger partial charge in [0.25, 0.3) is 0 Å². The summed E-state index contributed by atoms with van der Waals surface area (Å²) in [6, 6.07) is 5.70. The fourth-order valence-corrected chi connectivity index (χ4v) is 0.693. The number of furan rings is 2. The second-order valence-electron chi connectivity index (χ2n) is 2.52. The van der Waals surface area contributed by atoms with E-state index in [9.17, 15) is 0 Å². The fraction of sp³-hybridized carbons (Fsp3) is 0.200. The summed E-state index contributed by atoms with van der Waals surface area (Å²) in [7, 11) is 0. The van der Waals surface area contributed by atoms with Crippen molar-refractivity contribution in [3.05, 3.63) is 48.3 Å². The van der Waals surface area contributed by atoms with Crippen molar-refractivity contribution in [2.24, 2.45) is 0 Å². The monoisotopic (exact) mass is 164 g/mol. The van der Waals surface area contributed by atoms with Crippen LogP contribution in [-0.2, 0) is 0 Å². The van der Waals surface area contributed by atoms with Crippen LogP contribution in [0.5, 0.6) is 0 Å². The van der Waals surface area contributed by atoms with E-state index >= 15 is 0 Å². The normalized spacial score (nSPS) is 8.83. The highest BCUT2D eigenvalue weighted by atomic mass is 16.3. The van der Waals surface area contributed by atoms with E-state index in [0.717, 1.165) is 5.76 Å². The number of hydrogen-bond donors (Lipinski definition) is 0. The van der Waals surface area contributed by atoms with Crippen molar-refractivity contribution in [1.29, 1.82) is 0 Å². The maximum absolute atomic E-state index is 4.83. The Bertz CT molecular complexity index is 247. The van der Waals surface area contributed by atoms with Crippen LogP contribution in [0.25, 0.3) is 0 Å². The Morgan fingerprint density at radius 3 is 2.08 bits per heavy atom. The van der Waals surface area contributed by atoms with Gasteiger partial charge in [0.1, 0.15) is 5.76 Å². The van der Waals surface area contributed by atoms with Gasteiger partial charge in [0.05, 0.1) is 18.8 Å². The Kier molecular flexibility index (Phi) is 3.20. The van der Waals surface area contributed by atoms with Gasteiger partial charge in [-0.15, -0.1) is 0 Å². The largest absolute Gasteiger partial charge is 0.472 e. The minimum Gasteiger partial charge on any atom is -0.472 e. The van der Waals surface area contributed by atoms with Crippen LogP contribution < -0.4 is 0 Å². The van der Waals surface area contributed by atoms with Crippen LogP contribution in [0.2, 0.25) is 0 Å². The van der Waals surface area contributed by atoms with Crippen molar-refractivity contribution in [1.82, 2.24) is 0 Å². The molecule has 0 spiro atoms. The molecule has 2 aromatic heterocycles. The van der Waals surface area contributed by atoms with E-state index in [-0.39, 0.29) is 0 Å². The minimum atomic E-state index is 0.968. The molecule has 0 amide bonds. The van der Waals surface area contributed by atoms with Crippen molar-refractivity contribution in [3.8, 4) is 0 Å². The first-order chi connectivity index (χ1) is 5.79. The van der Waals surface area contributed by atoms with Gasteiger partial charge in [0.15, 0.2) is 0 Å². The maximum Gasteiger partial charge on any atom is 0.100 e. The van der Waals surface area contributed by atoms with E-state index in [1.165, 1.54) is 5.56 Å². The molecule has 12 heavy (non-hydrogen) atoms. The molecule has 0 aliphatic heterocycles. The van der Waals surface area contributed by atoms with Crippen LogP contribution >= 0.6 is 0 Å². The Morgan fingerprint density at radius 1 is 1.08 bits per heavy atom. The lowest BCUT2D eigenvalue weighted by Gasteiger charge is -1.69. The zero-order valence-electron chi connectivity index (χ0n) is 7.28. The van der Waals surface area contributed by atoms with Gasteiger partial charge in [-0.3, -0.25) is 0 Å². The van der Waals surface area contributed by atoms with Gasteiger partial charge < -0.3 is 8.83 Å². The van der Waals surface area contributed by atoms with Crippen LogP contribution in [0, 0.1) is 13.8 Å². The van der Waals surface area contributed by atoms with Gasteiger partial charge in [0, 0.05) is 0 Å². The van der Waals surface area contributed by atoms with Crippen LogP contribution in [0.4, 0.5) is 0 Å². The molecule has 64 valence electrons. The lowest BCUT2D eigenvalue weighted by atomic mass is 10.4. The van der Waals surface area contributed by atoms with E-state index in [4.69, 9.17) is 8.83 Å². The molecular weight excluding hydrogens is 152 g/mol. The first kappa shape index (κ1) is 8.65. The van der Waals surface area contributed by atoms with Crippen molar-refractivity contribution in [2.45, 2.75) is 13.8 Å². The smallest absolute Gasteiger partial charge is 0.100 e. The Labute approximate surface area is 71.8 Å². The predicted octanol–water partition coefficient (Wildman–Crippen LogP) is 3.18. The third-order valence-corrected chi connectivity index (χ3v) is 1.33. The number of aryl methyl sites for hydroxylation is 2. The van der Waals surface area contributed by atoms with Crippen molar-refractivity contribution >= 4 is 0 Å². The standard InChI is InChI=1S/2C5H6O/c1-5-2-3-6-4-5;1-5-3-2-4-6-5/h2*2-4H,1H3. The zero-order valence-corrected chi connectivity index (χ0v) is 7.28. The molecule has 0 saturated heterocycles. The SMILES string of the molecule is Cc1ccco1.Cc1ccoc1. The summed E-state index contributed by atoms with van der Waals surface area (Å²) in [6.45, 7) is 3.91. The molecule has 0 bridgehead atoms. The third-order valence-electron chi connectivity index (χ3n) is 1.33. The molecule has 0 aliphatic rings. The van der Waals surface area contributed by atoms with E-state index in [1.807, 2.05) is 32.0 Å². The summed E-state index contributed by atoms with van der Waals surface area (Å²) < 4.78 is 9.55. The molecule has 2 nitrogen and oxygen atoms in total. The van der Waals surface area contributed by atoms with E-state index in [1.54, 1.807) is 18.8 Å². The van der Waals surface area contributed by atoms with Gasteiger partial charge in [-0.25, -0.2) is 0 Å². The quantitative estimate of drug-likeness (QED) is 0.597. The second-order valence-corrected chi connectivity index (χ2v) is 2.52. The summed E-state index contributed by atoms with van der Waals surface area (Å²) in [6.07, 6.45) is 5.03. The summed E-state index contributed by atoms with van der Waals surface area (Å²) in [4.78, 5) is 0. The molecule has 0 aromatic carbocycles. The molecule has 2 rings (SSSR count). The minimum absolute atomic E-state index is 0.968. The van der Waals surface area contributed by atoms with E-state index in [2.05, 4.69) is 0 Å². The highest BCUT2D eigenvalue weighted by molar-refractivity contribution is 5.00. The molecule has 0 saturated carbocycles. The summed E-state index contributed by atoms with van der Waals surface area (Å²) in [5, 5.41) is 0. The van der Waals surface area contributed by atoms with Gasteiger partial charge in [-0.05, 0) is 37.6 Å². The predicted molar refractivity (Wildman–Crippen MR) is 46.9 cm³/mol. The maximum atomic E-state index is 4.83. The van der Waals surface area contributed by atoms with Crippen LogP contribution in [-0.4, -0.2) is 0 Å². The van der Waals surface area contributed by atoms with Crippen LogP contribution in [0.3, 0.4) is 0 Å². The van der Waals surface area contributed by atoms with Crippen molar-refractivity contribution in [2.75, 3.05) is 0 Å². The molecule has 2 aromatic rings. The van der Waals surface area contributed by atoms with Gasteiger partial charge in [-0.2, -0.15) is 0 Å². The van der Waals surface area contributed by atoms with Gasteiger partial charge in [0.2, 0.25) is 0 Å². The lowest BCUT2D eigenvalue weighted by Crippen LogP contribution is -1.48. The van der Waals surface area contributed by atoms with E-state index < -0.39 is 0 Å². The molecule has 2 heterocycles. The Hall–Kier alpha value is -1.44. The van der Waals surface area contributed by atoms with Crippen LogP contribution in [0.1, 0.15) is 11.3 Å². The first-order valence-corrected chi connectivity index (χ1v) is 3.78. The molecule has 0 fully saturated rings. The highest BCUT2D eigenvalue weighted by Gasteiger charge is 1.76.